The number of phenols is 1. The molecule has 0 fully saturated rings. The third kappa shape index (κ3) is 3.39. The number of aliphatic carboxylic acids is 1. The minimum absolute atomic E-state index is 0.108. The average Bonchev–Trinajstić information content (AvgIpc) is 2.36. The Morgan fingerprint density at radius 2 is 1.65 bits per heavy atom. The van der Waals surface area contributed by atoms with Crippen molar-refractivity contribution >= 4 is 12.0 Å². The molecule has 0 aliphatic heterocycles. The summed E-state index contributed by atoms with van der Waals surface area (Å²) in [4.78, 5) is 10.9. The van der Waals surface area contributed by atoms with Gasteiger partial charge in [-0.3, -0.25) is 0 Å². The minimum atomic E-state index is -1.25. The van der Waals surface area contributed by atoms with Crippen molar-refractivity contribution in [2.45, 2.75) is 39.5 Å². The summed E-state index contributed by atoms with van der Waals surface area (Å²) in [5, 5.41) is 28.0. The smallest absolute Gasteiger partial charge is 0.346 e. The Hall–Kier alpha value is -2.28. The SMILES string of the molecule is CC(C)c1cc(C=C(C#N)C(=O)O)cc(C(C)C)c1O. The topological polar surface area (TPSA) is 81.3 Å². The first kappa shape index (κ1) is 15.8. The first-order valence-corrected chi connectivity index (χ1v) is 6.49. The predicted octanol–water partition coefficient (Wildman–Crippen LogP) is 3.63. The Bertz CT molecular complexity index is 563. The maximum atomic E-state index is 10.9. The first-order valence-electron chi connectivity index (χ1n) is 6.49. The molecule has 1 aromatic rings. The highest BCUT2D eigenvalue weighted by Gasteiger charge is 2.15. The van der Waals surface area contributed by atoms with Gasteiger partial charge in [-0.25, -0.2) is 4.79 Å². The van der Waals surface area contributed by atoms with E-state index in [0.717, 1.165) is 11.1 Å². The fraction of sp³-hybridized carbons (Fsp3) is 0.375. The maximum Gasteiger partial charge on any atom is 0.346 e. The molecule has 4 heteroatoms. The number of hydrogen-bond donors (Lipinski definition) is 2. The monoisotopic (exact) mass is 273 g/mol. The van der Waals surface area contributed by atoms with E-state index in [4.69, 9.17) is 10.4 Å². The summed E-state index contributed by atoms with van der Waals surface area (Å²) in [7, 11) is 0. The third-order valence-corrected chi connectivity index (χ3v) is 3.10. The number of rotatable bonds is 4. The van der Waals surface area contributed by atoms with Crippen molar-refractivity contribution in [1.82, 2.24) is 0 Å². The second kappa shape index (κ2) is 6.25. The van der Waals surface area contributed by atoms with E-state index < -0.39 is 5.97 Å². The lowest BCUT2D eigenvalue weighted by Gasteiger charge is -2.16. The summed E-state index contributed by atoms with van der Waals surface area (Å²) in [6.07, 6.45) is 1.33. The van der Waals surface area contributed by atoms with Crippen LogP contribution in [0.3, 0.4) is 0 Å². The van der Waals surface area contributed by atoms with Gasteiger partial charge in [0.25, 0.3) is 0 Å². The molecule has 0 spiro atoms. The molecule has 0 heterocycles. The fourth-order valence-electron chi connectivity index (χ4n) is 1.98. The quantitative estimate of drug-likeness (QED) is 0.648. The number of nitriles is 1. The van der Waals surface area contributed by atoms with Gasteiger partial charge in [0, 0.05) is 0 Å². The molecule has 106 valence electrons. The minimum Gasteiger partial charge on any atom is -0.507 e. The van der Waals surface area contributed by atoms with E-state index in [1.807, 2.05) is 27.7 Å². The summed E-state index contributed by atoms with van der Waals surface area (Å²) >= 11 is 0. The second-order valence-corrected chi connectivity index (χ2v) is 5.33. The van der Waals surface area contributed by atoms with E-state index in [1.165, 1.54) is 6.08 Å². The fourth-order valence-corrected chi connectivity index (χ4v) is 1.98. The zero-order valence-electron chi connectivity index (χ0n) is 12.1. The van der Waals surface area contributed by atoms with Crippen LogP contribution in [0.2, 0.25) is 0 Å². The molecule has 1 rings (SSSR count). The van der Waals surface area contributed by atoms with E-state index in [1.54, 1.807) is 18.2 Å². The predicted molar refractivity (Wildman–Crippen MR) is 77.5 cm³/mol. The molecule has 2 N–H and O–H groups in total. The van der Waals surface area contributed by atoms with E-state index >= 15 is 0 Å². The summed E-state index contributed by atoms with van der Waals surface area (Å²) in [5.41, 5.74) is 1.81. The molecular formula is C16H19NO3. The van der Waals surface area contributed by atoms with Crippen LogP contribution < -0.4 is 0 Å². The van der Waals surface area contributed by atoms with Crippen molar-refractivity contribution < 1.29 is 15.0 Å². The molecule has 0 atom stereocenters. The molecule has 0 radical (unpaired) electrons. The van der Waals surface area contributed by atoms with Gasteiger partial charge < -0.3 is 10.2 Å². The van der Waals surface area contributed by atoms with Gasteiger partial charge >= 0.3 is 5.97 Å². The van der Waals surface area contributed by atoms with Gasteiger partial charge in [0.2, 0.25) is 0 Å². The van der Waals surface area contributed by atoms with Crippen molar-refractivity contribution in [2.24, 2.45) is 0 Å². The largest absolute Gasteiger partial charge is 0.507 e. The molecule has 0 aliphatic rings. The average molecular weight is 273 g/mol. The lowest BCUT2D eigenvalue weighted by Crippen LogP contribution is -2.00. The van der Waals surface area contributed by atoms with Gasteiger partial charge in [-0.1, -0.05) is 27.7 Å². The van der Waals surface area contributed by atoms with Crippen molar-refractivity contribution in [3.8, 4) is 11.8 Å². The molecule has 1 aromatic carbocycles. The third-order valence-electron chi connectivity index (χ3n) is 3.10. The van der Waals surface area contributed by atoms with Gasteiger partial charge in [-0.15, -0.1) is 0 Å². The van der Waals surface area contributed by atoms with E-state index in [2.05, 4.69) is 0 Å². The van der Waals surface area contributed by atoms with Crippen molar-refractivity contribution in [2.75, 3.05) is 0 Å². The van der Waals surface area contributed by atoms with Crippen LogP contribution in [-0.2, 0) is 4.79 Å². The van der Waals surface area contributed by atoms with Crippen LogP contribution in [0.4, 0.5) is 0 Å². The van der Waals surface area contributed by atoms with Crippen LogP contribution in [-0.4, -0.2) is 16.2 Å². The zero-order valence-corrected chi connectivity index (χ0v) is 12.1. The lowest BCUT2D eigenvalue weighted by molar-refractivity contribution is -0.132. The van der Waals surface area contributed by atoms with Crippen LogP contribution >= 0.6 is 0 Å². The molecule has 0 saturated heterocycles. The number of carboxylic acids is 1. The Kier molecular flexibility index (Phi) is 4.93. The van der Waals surface area contributed by atoms with Crippen LogP contribution in [0.25, 0.3) is 6.08 Å². The maximum absolute atomic E-state index is 10.9. The number of carboxylic acid groups (broad SMARTS) is 1. The highest BCUT2D eigenvalue weighted by Crippen LogP contribution is 2.35. The number of phenolic OH excluding ortho intramolecular Hbond substituents is 1. The molecule has 0 aliphatic carbocycles. The Morgan fingerprint density at radius 3 is 1.95 bits per heavy atom. The summed E-state index contributed by atoms with van der Waals surface area (Å²) in [6.45, 7) is 7.81. The molecule has 4 nitrogen and oxygen atoms in total. The van der Waals surface area contributed by atoms with Crippen LogP contribution in [0.5, 0.6) is 5.75 Å². The molecule has 0 amide bonds. The molecule has 0 unspecified atom stereocenters. The van der Waals surface area contributed by atoms with Crippen LogP contribution in [0.15, 0.2) is 17.7 Å². The van der Waals surface area contributed by atoms with Gasteiger partial charge in [0.15, 0.2) is 0 Å². The van der Waals surface area contributed by atoms with Crippen molar-refractivity contribution in [3.63, 3.8) is 0 Å². The number of aromatic hydroxyl groups is 1. The van der Waals surface area contributed by atoms with Crippen molar-refractivity contribution in [1.29, 1.82) is 5.26 Å². The summed E-state index contributed by atoms with van der Waals surface area (Å²) < 4.78 is 0. The van der Waals surface area contributed by atoms with Gasteiger partial charge in [0.1, 0.15) is 17.4 Å². The number of nitrogens with zero attached hydrogens (tertiary/aromatic N) is 1. The molecule has 20 heavy (non-hydrogen) atoms. The van der Waals surface area contributed by atoms with Crippen molar-refractivity contribution in [3.05, 3.63) is 34.4 Å². The number of benzene rings is 1. The standard InChI is InChI=1S/C16H19NO3/c1-9(2)13-6-11(5-12(8-17)16(19)20)7-14(10(3)4)15(13)18/h5-7,9-10,18H,1-4H3,(H,19,20). The summed E-state index contributed by atoms with van der Waals surface area (Å²) in [5.74, 6) is -0.786. The van der Waals surface area contributed by atoms with E-state index in [-0.39, 0.29) is 23.2 Å². The Balaban J connectivity index is 3.50. The summed E-state index contributed by atoms with van der Waals surface area (Å²) in [6, 6.07) is 5.12. The van der Waals surface area contributed by atoms with E-state index in [0.29, 0.717) is 5.56 Å². The van der Waals surface area contributed by atoms with Crippen LogP contribution in [0, 0.1) is 11.3 Å². The first-order chi connectivity index (χ1) is 9.27. The molecule has 0 bridgehead atoms. The van der Waals surface area contributed by atoms with Crippen LogP contribution in [0.1, 0.15) is 56.2 Å². The van der Waals surface area contributed by atoms with Gasteiger partial charge in [0.05, 0.1) is 0 Å². The number of carbonyl (C=O) groups is 1. The Labute approximate surface area is 119 Å². The highest BCUT2D eigenvalue weighted by molar-refractivity contribution is 5.96. The lowest BCUT2D eigenvalue weighted by atomic mass is 9.91. The highest BCUT2D eigenvalue weighted by atomic mass is 16.4. The molecule has 0 aromatic heterocycles. The zero-order chi connectivity index (χ0) is 15.4. The van der Waals surface area contributed by atoms with Gasteiger partial charge in [-0.05, 0) is 46.7 Å². The van der Waals surface area contributed by atoms with E-state index in [9.17, 15) is 9.90 Å². The normalized spacial score (nSPS) is 11.8. The van der Waals surface area contributed by atoms with Gasteiger partial charge in [-0.2, -0.15) is 5.26 Å². The Morgan fingerprint density at radius 1 is 1.20 bits per heavy atom. The number of hydrogen-bond acceptors (Lipinski definition) is 3. The second-order valence-electron chi connectivity index (χ2n) is 5.33. The molecule has 0 saturated carbocycles. The molecular weight excluding hydrogens is 254 g/mol.